The van der Waals surface area contributed by atoms with Gasteiger partial charge in [-0.05, 0) is 19.3 Å². The lowest BCUT2D eigenvalue weighted by atomic mass is 9.72. The summed E-state index contributed by atoms with van der Waals surface area (Å²) in [6.07, 6.45) is 4.36. The van der Waals surface area contributed by atoms with Crippen LogP contribution in [0.3, 0.4) is 0 Å². The average molecular weight is 225 g/mol. The number of hydrogen-bond acceptors (Lipinski definition) is 3. The van der Waals surface area contributed by atoms with Gasteiger partial charge in [0.1, 0.15) is 6.04 Å². The molecule has 0 bridgehead atoms. The molecule has 1 atom stereocenters. The Hall–Kier alpha value is -0.870. The van der Waals surface area contributed by atoms with Crippen LogP contribution in [-0.2, 0) is 9.53 Å². The molecular weight excluding hydrogens is 206 g/mol. The van der Waals surface area contributed by atoms with E-state index in [0.29, 0.717) is 11.8 Å². The van der Waals surface area contributed by atoms with Crippen LogP contribution in [-0.4, -0.2) is 48.3 Å². The second-order valence-corrected chi connectivity index (χ2v) is 4.90. The van der Waals surface area contributed by atoms with Crippen molar-refractivity contribution in [1.29, 1.82) is 0 Å². The number of ether oxygens (including phenoxy) is 1. The molecule has 16 heavy (non-hydrogen) atoms. The summed E-state index contributed by atoms with van der Waals surface area (Å²) in [5.74, 6) is -0.734. The molecule has 4 nitrogen and oxygen atoms in total. The fourth-order valence-corrected chi connectivity index (χ4v) is 2.72. The van der Waals surface area contributed by atoms with E-state index in [1.54, 1.807) is 6.08 Å². The highest BCUT2D eigenvalue weighted by Gasteiger charge is 2.47. The molecule has 0 aromatic rings. The van der Waals surface area contributed by atoms with Crippen LogP contribution >= 0.6 is 0 Å². The first-order chi connectivity index (χ1) is 7.67. The first-order valence-electron chi connectivity index (χ1n) is 5.82. The molecule has 1 N–H and O–H groups in total. The molecule has 1 spiro atoms. The Kier molecular flexibility index (Phi) is 3.30. The molecule has 2 aliphatic heterocycles. The largest absolute Gasteiger partial charge is 0.480 e. The van der Waals surface area contributed by atoms with Gasteiger partial charge in [0.25, 0.3) is 0 Å². The highest BCUT2D eigenvalue weighted by atomic mass is 16.5. The molecule has 4 heteroatoms. The number of carbonyl (C=O) groups is 1. The van der Waals surface area contributed by atoms with Gasteiger partial charge in [0.2, 0.25) is 0 Å². The van der Waals surface area contributed by atoms with Crippen molar-refractivity contribution in [2.75, 3.05) is 26.3 Å². The summed E-state index contributed by atoms with van der Waals surface area (Å²) in [7, 11) is 0. The van der Waals surface area contributed by atoms with Crippen molar-refractivity contribution >= 4 is 5.97 Å². The van der Waals surface area contributed by atoms with Crippen LogP contribution < -0.4 is 0 Å². The molecule has 2 fully saturated rings. The topological polar surface area (TPSA) is 49.8 Å². The van der Waals surface area contributed by atoms with Gasteiger partial charge in [-0.25, -0.2) is 0 Å². The molecular formula is C12H19NO3. The van der Waals surface area contributed by atoms with Gasteiger partial charge in [-0.1, -0.05) is 6.08 Å². The van der Waals surface area contributed by atoms with Crippen LogP contribution in [0.1, 0.15) is 19.3 Å². The summed E-state index contributed by atoms with van der Waals surface area (Å²) < 4.78 is 5.34. The Morgan fingerprint density at radius 1 is 1.50 bits per heavy atom. The molecule has 0 amide bonds. The lowest BCUT2D eigenvalue weighted by molar-refractivity contribution is -0.153. The number of likely N-dealkylation sites (tertiary alicyclic amines) is 1. The van der Waals surface area contributed by atoms with Gasteiger partial charge >= 0.3 is 5.97 Å². The number of hydrogen-bond donors (Lipinski definition) is 1. The minimum atomic E-state index is -0.734. The quantitative estimate of drug-likeness (QED) is 0.729. The summed E-state index contributed by atoms with van der Waals surface area (Å²) in [6, 6.07) is -0.383. The van der Waals surface area contributed by atoms with E-state index in [1.165, 1.54) is 0 Å². The van der Waals surface area contributed by atoms with E-state index in [2.05, 4.69) is 11.5 Å². The third-order valence-electron chi connectivity index (χ3n) is 3.75. The first kappa shape index (κ1) is 11.6. The molecule has 2 rings (SSSR count). The van der Waals surface area contributed by atoms with Gasteiger partial charge in [-0.2, -0.15) is 0 Å². The Labute approximate surface area is 95.9 Å². The second kappa shape index (κ2) is 4.55. The molecule has 2 saturated heterocycles. The maximum absolute atomic E-state index is 11.1. The number of rotatable bonds is 4. The molecule has 0 aromatic carbocycles. The molecule has 2 heterocycles. The van der Waals surface area contributed by atoms with E-state index in [4.69, 9.17) is 9.84 Å². The van der Waals surface area contributed by atoms with Crippen LogP contribution in [0.5, 0.6) is 0 Å². The minimum Gasteiger partial charge on any atom is -0.480 e. The fraction of sp³-hybridized carbons (Fsp3) is 0.750. The van der Waals surface area contributed by atoms with E-state index in [-0.39, 0.29) is 6.04 Å². The highest BCUT2D eigenvalue weighted by Crippen LogP contribution is 2.41. The second-order valence-electron chi connectivity index (χ2n) is 4.90. The van der Waals surface area contributed by atoms with Gasteiger partial charge in [0.05, 0.1) is 0 Å². The van der Waals surface area contributed by atoms with Crippen molar-refractivity contribution in [2.24, 2.45) is 5.41 Å². The van der Waals surface area contributed by atoms with Gasteiger partial charge < -0.3 is 9.84 Å². The maximum atomic E-state index is 11.1. The number of carboxylic acid groups (broad SMARTS) is 1. The standard InChI is InChI=1S/C12H19NO3/c1-2-3-10(11(14)15)13-8-12(9-13)4-6-16-7-5-12/h2,10H,1,3-9H2,(H,14,15). The molecule has 0 radical (unpaired) electrons. The lowest BCUT2D eigenvalue weighted by Crippen LogP contribution is -2.62. The Balaban J connectivity index is 1.89. The first-order valence-corrected chi connectivity index (χ1v) is 5.82. The van der Waals surface area contributed by atoms with Crippen LogP contribution in [0.4, 0.5) is 0 Å². The van der Waals surface area contributed by atoms with Crippen LogP contribution in [0.15, 0.2) is 12.7 Å². The zero-order valence-corrected chi connectivity index (χ0v) is 9.52. The zero-order chi connectivity index (χ0) is 11.6. The van der Waals surface area contributed by atoms with Gasteiger partial charge in [0.15, 0.2) is 0 Å². The lowest BCUT2D eigenvalue weighted by Gasteiger charge is -2.54. The Bertz CT molecular complexity index is 276. The summed E-state index contributed by atoms with van der Waals surface area (Å²) >= 11 is 0. The van der Waals surface area contributed by atoms with Crippen molar-refractivity contribution < 1.29 is 14.6 Å². The maximum Gasteiger partial charge on any atom is 0.321 e. The monoisotopic (exact) mass is 225 g/mol. The van der Waals surface area contributed by atoms with E-state index >= 15 is 0 Å². The summed E-state index contributed by atoms with van der Waals surface area (Å²) in [4.78, 5) is 13.1. The SMILES string of the molecule is C=CCC(C(=O)O)N1CC2(CCOCC2)C1. The normalized spacial score (nSPS) is 26.0. The van der Waals surface area contributed by atoms with Crippen molar-refractivity contribution in [1.82, 2.24) is 4.90 Å². The van der Waals surface area contributed by atoms with Crippen molar-refractivity contribution in [3.63, 3.8) is 0 Å². The number of aliphatic carboxylic acids is 1. The highest BCUT2D eigenvalue weighted by molar-refractivity contribution is 5.73. The smallest absolute Gasteiger partial charge is 0.321 e. The molecule has 0 saturated carbocycles. The van der Waals surface area contributed by atoms with Crippen molar-refractivity contribution in [3.8, 4) is 0 Å². The van der Waals surface area contributed by atoms with E-state index in [1.807, 2.05) is 0 Å². The van der Waals surface area contributed by atoms with E-state index in [9.17, 15) is 4.79 Å². The van der Waals surface area contributed by atoms with Gasteiger partial charge in [-0.3, -0.25) is 9.69 Å². The summed E-state index contributed by atoms with van der Waals surface area (Å²) in [5, 5.41) is 9.11. The third-order valence-corrected chi connectivity index (χ3v) is 3.75. The molecule has 0 aromatic heterocycles. The predicted molar refractivity (Wildman–Crippen MR) is 60.3 cm³/mol. The van der Waals surface area contributed by atoms with Crippen LogP contribution in [0, 0.1) is 5.41 Å². The van der Waals surface area contributed by atoms with Crippen LogP contribution in [0.2, 0.25) is 0 Å². The van der Waals surface area contributed by atoms with E-state index < -0.39 is 5.97 Å². The van der Waals surface area contributed by atoms with Gasteiger partial charge in [0, 0.05) is 31.7 Å². The summed E-state index contributed by atoms with van der Waals surface area (Å²) in [5.41, 5.74) is 0.340. The Morgan fingerprint density at radius 3 is 2.62 bits per heavy atom. The molecule has 2 aliphatic rings. The molecule has 0 aliphatic carbocycles. The number of nitrogens with zero attached hydrogens (tertiary/aromatic N) is 1. The van der Waals surface area contributed by atoms with E-state index in [0.717, 1.165) is 39.1 Å². The average Bonchev–Trinajstić information content (AvgIpc) is 2.23. The number of carboxylic acids is 1. The Morgan fingerprint density at radius 2 is 2.12 bits per heavy atom. The van der Waals surface area contributed by atoms with Crippen LogP contribution in [0.25, 0.3) is 0 Å². The third kappa shape index (κ3) is 2.13. The summed E-state index contributed by atoms with van der Waals surface area (Å²) in [6.45, 7) is 7.08. The minimum absolute atomic E-state index is 0.340. The van der Waals surface area contributed by atoms with Gasteiger partial charge in [-0.15, -0.1) is 6.58 Å². The van der Waals surface area contributed by atoms with Crippen molar-refractivity contribution in [2.45, 2.75) is 25.3 Å². The molecule has 90 valence electrons. The predicted octanol–water partition coefficient (Wildman–Crippen LogP) is 1.13. The molecule has 1 unspecified atom stereocenters. The zero-order valence-electron chi connectivity index (χ0n) is 9.52. The fourth-order valence-electron chi connectivity index (χ4n) is 2.72. The van der Waals surface area contributed by atoms with Crippen molar-refractivity contribution in [3.05, 3.63) is 12.7 Å².